The van der Waals surface area contributed by atoms with Crippen molar-refractivity contribution in [2.45, 2.75) is 12.5 Å². The van der Waals surface area contributed by atoms with E-state index in [9.17, 15) is 20.1 Å². The van der Waals surface area contributed by atoms with Crippen LogP contribution in [0.4, 0.5) is 5.69 Å². The number of nitrogens with one attached hydrogen (secondary N) is 1. The summed E-state index contributed by atoms with van der Waals surface area (Å²) in [7, 11) is 0. The molecule has 0 heterocycles. The number of aromatic hydroxyl groups is 2. The van der Waals surface area contributed by atoms with E-state index in [1.165, 1.54) is 0 Å². The minimum atomic E-state index is -0.966. The third kappa shape index (κ3) is 7.22. The molecule has 2 rings (SSSR count). The second kappa shape index (κ2) is 12.0. The first kappa shape index (κ1) is 27.2. The van der Waals surface area contributed by atoms with Gasteiger partial charge in [-0.25, -0.2) is 4.79 Å². The molecular formula is C15H13I4NNaO5. The summed E-state index contributed by atoms with van der Waals surface area (Å²) in [6, 6.07) is 6.15. The molecule has 2 aromatic rings. The van der Waals surface area contributed by atoms with E-state index < -0.39 is 12.0 Å². The zero-order valence-corrected chi connectivity index (χ0v) is 24.0. The second-order valence-electron chi connectivity index (χ2n) is 4.94. The van der Waals surface area contributed by atoms with Crippen molar-refractivity contribution in [2.75, 3.05) is 5.32 Å². The molecule has 0 aromatic heterocycles. The van der Waals surface area contributed by atoms with Crippen molar-refractivity contribution >= 4 is 132 Å². The molecule has 6 nitrogen and oxygen atoms in total. The first-order chi connectivity index (χ1) is 11.2. The van der Waals surface area contributed by atoms with Gasteiger partial charge in [-0.05, 0) is 120 Å². The van der Waals surface area contributed by atoms with Gasteiger partial charge in [-0.15, -0.1) is 0 Å². The molecule has 6 N–H and O–H groups in total. The Kier molecular flexibility index (Phi) is 12.6. The Balaban J connectivity index is 0.00000312. The normalized spacial score (nSPS) is 11.1. The number of rotatable bonds is 5. The van der Waals surface area contributed by atoms with Crippen molar-refractivity contribution in [2.24, 2.45) is 0 Å². The smallest absolute Gasteiger partial charge is 0.326 e. The Morgan fingerprint density at radius 3 is 1.69 bits per heavy atom. The average Bonchev–Trinajstić information content (AvgIpc) is 2.49. The minimum absolute atomic E-state index is 0. The van der Waals surface area contributed by atoms with Crippen LogP contribution >= 0.6 is 90.4 Å². The van der Waals surface area contributed by atoms with Gasteiger partial charge in [-0.2, -0.15) is 0 Å². The Morgan fingerprint density at radius 2 is 1.31 bits per heavy atom. The summed E-state index contributed by atoms with van der Waals surface area (Å²) in [5, 5.41) is 32.2. The molecule has 0 aliphatic rings. The third-order valence-corrected chi connectivity index (χ3v) is 6.46. The average molecular weight is 818 g/mol. The molecular weight excluding hydrogens is 805 g/mol. The van der Waals surface area contributed by atoms with Crippen LogP contribution in [0.2, 0.25) is 0 Å². The van der Waals surface area contributed by atoms with Crippen LogP contribution in [0.1, 0.15) is 5.56 Å². The van der Waals surface area contributed by atoms with Gasteiger partial charge in [-0.1, -0.05) is 0 Å². The van der Waals surface area contributed by atoms with E-state index in [-0.39, 0.29) is 53.0 Å². The quantitative estimate of drug-likeness (QED) is 0.210. The minimum Gasteiger partial charge on any atom is -0.506 e. The van der Waals surface area contributed by atoms with E-state index >= 15 is 0 Å². The number of hydrogen-bond acceptors (Lipinski definition) is 4. The molecule has 26 heavy (non-hydrogen) atoms. The number of halogens is 4. The Bertz CT molecular complexity index is 700. The van der Waals surface area contributed by atoms with Gasteiger partial charge in [0, 0.05) is 41.7 Å². The zero-order valence-electron chi connectivity index (χ0n) is 13.4. The molecule has 0 saturated heterocycles. The van der Waals surface area contributed by atoms with Crippen LogP contribution in [0.25, 0.3) is 0 Å². The van der Waals surface area contributed by atoms with Crippen molar-refractivity contribution in [3.63, 3.8) is 0 Å². The number of benzene rings is 2. The van der Waals surface area contributed by atoms with Crippen LogP contribution in [0, 0.1) is 14.3 Å². The molecule has 0 aliphatic carbocycles. The molecule has 1 radical (unpaired) electrons. The van der Waals surface area contributed by atoms with Crippen LogP contribution in [0.15, 0.2) is 24.3 Å². The fraction of sp³-hybridized carbons (Fsp3) is 0.133. The summed E-state index contributed by atoms with van der Waals surface area (Å²) in [6.07, 6.45) is 0.273. The predicted molar refractivity (Wildman–Crippen MR) is 135 cm³/mol. The van der Waals surface area contributed by atoms with Crippen LogP contribution in [0.5, 0.6) is 11.5 Å². The summed E-state index contributed by atoms with van der Waals surface area (Å²) in [6.45, 7) is 0. The van der Waals surface area contributed by atoms with Gasteiger partial charge < -0.3 is 26.1 Å². The van der Waals surface area contributed by atoms with Gasteiger partial charge in [0.25, 0.3) is 0 Å². The van der Waals surface area contributed by atoms with E-state index in [4.69, 9.17) is 0 Å². The van der Waals surface area contributed by atoms with Gasteiger partial charge in [0.05, 0.1) is 14.3 Å². The Morgan fingerprint density at radius 1 is 0.923 bits per heavy atom. The fourth-order valence-corrected chi connectivity index (χ4v) is 5.69. The van der Waals surface area contributed by atoms with Crippen molar-refractivity contribution in [1.82, 2.24) is 0 Å². The van der Waals surface area contributed by atoms with Gasteiger partial charge in [0.15, 0.2) is 0 Å². The van der Waals surface area contributed by atoms with Crippen LogP contribution in [-0.2, 0) is 11.2 Å². The van der Waals surface area contributed by atoms with Gasteiger partial charge in [0.2, 0.25) is 0 Å². The summed E-state index contributed by atoms with van der Waals surface area (Å²) < 4.78 is 2.68. The number of carbonyl (C=O) groups is 1. The number of phenolic OH excluding ortho intramolecular Hbond substituents is 2. The maximum absolute atomic E-state index is 11.6. The predicted octanol–water partition coefficient (Wildman–Crippen LogP) is 3.42. The van der Waals surface area contributed by atoms with Crippen molar-refractivity contribution in [3.05, 3.63) is 44.1 Å². The molecule has 0 unspecified atom stereocenters. The van der Waals surface area contributed by atoms with Crippen molar-refractivity contribution < 1.29 is 25.6 Å². The van der Waals surface area contributed by atoms with E-state index in [2.05, 4.69) is 5.32 Å². The fourth-order valence-electron chi connectivity index (χ4n) is 2.02. The van der Waals surface area contributed by atoms with E-state index in [1.807, 2.05) is 90.4 Å². The number of aliphatic carboxylic acids is 1. The molecule has 0 fully saturated rings. The number of carboxylic acids is 1. The molecule has 0 aliphatic heterocycles. The molecule has 0 bridgehead atoms. The van der Waals surface area contributed by atoms with Gasteiger partial charge in [-0.3, -0.25) is 0 Å². The second-order valence-corrected chi connectivity index (χ2v) is 9.58. The number of hydrogen-bond donors (Lipinski definition) is 4. The van der Waals surface area contributed by atoms with E-state index in [0.717, 1.165) is 5.56 Å². The number of carboxylic acid groups (broad SMARTS) is 1. The topological polar surface area (TPSA) is 121 Å². The standard InChI is InChI=1S/C15H11I4NO4.Na.H2O/c16-8-1-6(2-9(17)13(8)21)3-12(15(23)24)20-7-4-10(18)14(22)11(19)5-7;;/h1-2,4-5,12,20-22H,3H2,(H,23,24);;1H2/t12-;;/m0../s1. The number of anilines is 1. The third-order valence-electron chi connectivity index (χ3n) is 3.17. The number of phenols is 2. The summed E-state index contributed by atoms with van der Waals surface area (Å²) in [5.74, 6) is -0.565. The maximum atomic E-state index is 11.6. The van der Waals surface area contributed by atoms with Crippen molar-refractivity contribution in [3.8, 4) is 11.5 Å². The molecule has 2 aromatic carbocycles. The van der Waals surface area contributed by atoms with E-state index in [1.54, 1.807) is 24.3 Å². The first-order valence-corrected chi connectivity index (χ1v) is 10.8. The SMILES string of the molecule is O.O=C(O)[C@H](Cc1cc(I)c(O)c(I)c1)Nc1cc(I)c(O)c(I)c1.[Na]. The molecule has 137 valence electrons. The van der Waals surface area contributed by atoms with Crippen LogP contribution in [-0.4, -0.2) is 62.4 Å². The monoisotopic (exact) mass is 818 g/mol. The van der Waals surface area contributed by atoms with Gasteiger partial charge in [0.1, 0.15) is 17.5 Å². The van der Waals surface area contributed by atoms with E-state index in [0.29, 0.717) is 20.0 Å². The summed E-state index contributed by atoms with van der Waals surface area (Å²) >= 11 is 8.05. The summed E-state index contributed by atoms with van der Waals surface area (Å²) in [4.78, 5) is 11.6. The molecule has 0 saturated carbocycles. The molecule has 1 atom stereocenters. The Labute approximate surface area is 227 Å². The largest absolute Gasteiger partial charge is 0.506 e. The zero-order chi connectivity index (χ0) is 18.0. The Hall–Kier alpha value is 1.19. The van der Waals surface area contributed by atoms with Crippen LogP contribution < -0.4 is 5.32 Å². The first-order valence-electron chi connectivity index (χ1n) is 6.53. The van der Waals surface area contributed by atoms with Gasteiger partial charge >= 0.3 is 5.97 Å². The van der Waals surface area contributed by atoms with Crippen molar-refractivity contribution in [1.29, 1.82) is 0 Å². The maximum Gasteiger partial charge on any atom is 0.326 e. The summed E-state index contributed by atoms with van der Waals surface area (Å²) in [5.41, 5.74) is 1.46. The molecule has 0 spiro atoms. The molecule has 0 amide bonds. The molecule has 11 heteroatoms. The van der Waals surface area contributed by atoms with Crippen LogP contribution in [0.3, 0.4) is 0 Å².